The van der Waals surface area contributed by atoms with Crippen LogP contribution in [0.15, 0.2) is 176 Å². The lowest BCUT2D eigenvalue weighted by molar-refractivity contribution is 1.30. The molecule has 0 spiro atoms. The normalized spacial score (nSPS) is 11.9. The lowest BCUT2D eigenvalue weighted by Gasteiger charge is -2.26. The molecule has 0 bridgehead atoms. The highest BCUT2D eigenvalue weighted by atomic mass is 32.1. The van der Waals surface area contributed by atoms with Crippen LogP contribution >= 0.6 is 22.7 Å². The Bertz CT molecular complexity index is 3030. The maximum absolute atomic E-state index is 2.41. The first-order valence-electron chi connectivity index (χ1n) is 17.3. The van der Waals surface area contributed by atoms with Gasteiger partial charge in [0.25, 0.3) is 0 Å². The first-order chi connectivity index (χ1) is 25.2. The van der Waals surface area contributed by atoms with Crippen LogP contribution in [0.2, 0.25) is 0 Å². The third kappa shape index (κ3) is 4.59. The predicted octanol–water partition coefficient (Wildman–Crippen LogP) is 15.0. The lowest BCUT2D eigenvalue weighted by Crippen LogP contribution is -2.09. The standard InChI is InChI=1S/C48H29NS2/c1-2-8-37-31(7-1)15-23-40-38-22-16-32(27-33(38)17-24-39(37)40)30-13-18-34(19-14-30)49(35-20-25-43-41-9-3-5-11-45(41)50-47(43)28-35)36-21-26-44-42-10-4-6-12-46(42)51-48(44)29-36/h1-29H. The predicted molar refractivity (Wildman–Crippen MR) is 225 cm³/mol. The van der Waals surface area contributed by atoms with Crippen molar-refractivity contribution < 1.29 is 0 Å². The van der Waals surface area contributed by atoms with E-state index in [1.165, 1.54) is 83.8 Å². The molecule has 0 aliphatic rings. The monoisotopic (exact) mass is 683 g/mol. The molecule has 0 radical (unpaired) electrons. The Labute approximate surface area is 302 Å². The fourth-order valence-electron chi connectivity index (χ4n) is 7.97. The van der Waals surface area contributed by atoms with E-state index < -0.39 is 0 Å². The van der Waals surface area contributed by atoms with E-state index in [0.717, 1.165) is 17.1 Å². The van der Waals surface area contributed by atoms with Crippen molar-refractivity contribution in [2.24, 2.45) is 0 Å². The molecule has 2 aromatic heterocycles. The van der Waals surface area contributed by atoms with Gasteiger partial charge in [0, 0.05) is 57.4 Å². The summed E-state index contributed by atoms with van der Waals surface area (Å²) < 4.78 is 5.25. The van der Waals surface area contributed by atoms with E-state index in [0.29, 0.717) is 0 Å². The molecule has 11 aromatic rings. The van der Waals surface area contributed by atoms with E-state index in [1.807, 2.05) is 22.7 Å². The number of thiophene rings is 2. The summed E-state index contributed by atoms with van der Waals surface area (Å²) in [5.41, 5.74) is 5.89. The number of fused-ring (bicyclic) bond motifs is 11. The Kier molecular flexibility index (Phi) is 6.36. The summed E-state index contributed by atoms with van der Waals surface area (Å²) in [6.45, 7) is 0. The average Bonchev–Trinajstić information content (AvgIpc) is 3.75. The Morgan fingerprint density at radius 2 is 0.725 bits per heavy atom. The zero-order valence-electron chi connectivity index (χ0n) is 27.5. The van der Waals surface area contributed by atoms with Crippen molar-refractivity contribution in [3.8, 4) is 11.1 Å². The lowest BCUT2D eigenvalue weighted by atomic mass is 9.95. The van der Waals surface area contributed by atoms with E-state index in [9.17, 15) is 0 Å². The second-order valence-corrected chi connectivity index (χ2v) is 15.5. The highest BCUT2D eigenvalue weighted by Gasteiger charge is 2.17. The highest BCUT2D eigenvalue weighted by Crippen LogP contribution is 2.44. The van der Waals surface area contributed by atoms with Gasteiger partial charge in [-0.2, -0.15) is 0 Å². The third-order valence-electron chi connectivity index (χ3n) is 10.4. The van der Waals surface area contributed by atoms with Crippen LogP contribution in [-0.2, 0) is 0 Å². The summed E-state index contributed by atoms with van der Waals surface area (Å²) in [6, 6.07) is 65.0. The molecule has 1 nitrogen and oxygen atoms in total. The van der Waals surface area contributed by atoms with Gasteiger partial charge in [-0.25, -0.2) is 0 Å². The fourth-order valence-corrected chi connectivity index (χ4v) is 10.2. The summed E-state index contributed by atoms with van der Waals surface area (Å²) >= 11 is 3.73. The van der Waals surface area contributed by atoms with Crippen molar-refractivity contribution in [1.29, 1.82) is 0 Å². The maximum atomic E-state index is 2.41. The number of nitrogens with zero attached hydrogens (tertiary/aromatic N) is 1. The molecule has 0 saturated carbocycles. The number of hydrogen-bond acceptors (Lipinski definition) is 3. The van der Waals surface area contributed by atoms with Gasteiger partial charge in [0.2, 0.25) is 0 Å². The number of benzene rings is 9. The van der Waals surface area contributed by atoms with Crippen molar-refractivity contribution >= 4 is 112 Å². The Morgan fingerprint density at radius 1 is 0.275 bits per heavy atom. The molecule has 3 heteroatoms. The molecule has 11 rings (SSSR count). The summed E-state index contributed by atoms with van der Waals surface area (Å²) in [5.74, 6) is 0. The maximum Gasteiger partial charge on any atom is 0.0476 e. The van der Waals surface area contributed by atoms with Crippen LogP contribution in [0.5, 0.6) is 0 Å². The zero-order chi connectivity index (χ0) is 33.5. The van der Waals surface area contributed by atoms with Crippen molar-refractivity contribution in [3.63, 3.8) is 0 Å². The molecule has 0 saturated heterocycles. The van der Waals surface area contributed by atoms with E-state index in [-0.39, 0.29) is 0 Å². The van der Waals surface area contributed by atoms with E-state index in [2.05, 4.69) is 181 Å². The van der Waals surface area contributed by atoms with Gasteiger partial charge in [-0.3, -0.25) is 0 Å². The SMILES string of the molecule is c1ccc2c(c1)ccc1c3ccc(-c4ccc(N(c5ccc6c(c5)sc5ccccc56)c5ccc6c(c5)sc5ccccc56)cc4)cc3ccc21. The van der Waals surface area contributed by atoms with Crippen LogP contribution < -0.4 is 4.90 Å². The topological polar surface area (TPSA) is 3.24 Å². The molecular weight excluding hydrogens is 655 g/mol. The Balaban J connectivity index is 1.03. The van der Waals surface area contributed by atoms with Crippen LogP contribution in [0.4, 0.5) is 17.1 Å². The molecule has 2 heterocycles. The second kappa shape index (κ2) is 11.3. The molecule has 0 unspecified atom stereocenters. The number of rotatable bonds is 4. The quantitative estimate of drug-likeness (QED) is 0.167. The molecular formula is C48H29NS2. The van der Waals surface area contributed by atoms with Crippen LogP contribution in [0.25, 0.3) is 83.8 Å². The first kappa shape index (κ1) is 28.8. The molecule has 0 N–H and O–H groups in total. The Hall–Kier alpha value is -6.00. The van der Waals surface area contributed by atoms with Crippen molar-refractivity contribution in [2.45, 2.75) is 0 Å². The van der Waals surface area contributed by atoms with Gasteiger partial charge in [-0.05, 0) is 98.0 Å². The van der Waals surface area contributed by atoms with Gasteiger partial charge in [-0.1, -0.05) is 121 Å². The number of anilines is 3. The van der Waals surface area contributed by atoms with Gasteiger partial charge in [0.05, 0.1) is 0 Å². The minimum Gasteiger partial charge on any atom is -0.310 e. The largest absolute Gasteiger partial charge is 0.310 e. The van der Waals surface area contributed by atoms with Gasteiger partial charge in [0.1, 0.15) is 0 Å². The van der Waals surface area contributed by atoms with Crippen LogP contribution in [-0.4, -0.2) is 0 Å². The van der Waals surface area contributed by atoms with Crippen molar-refractivity contribution in [1.82, 2.24) is 0 Å². The highest BCUT2D eigenvalue weighted by molar-refractivity contribution is 7.26. The smallest absolute Gasteiger partial charge is 0.0476 e. The first-order valence-corrected chi connectivity index (χ1v) is 19.0. The zero-order valence-corrected chi connectivity index (χ0v) is 29.1. The molecule has 0 aliphatic carbocycles. The summed E-state index contributed by atoms with van der Waals surface area (Å²) in [7, 11) is 0. The molecule has 0 aliphatic heterocycles. The molecule has 51 heavy (non-hydrogen) atoms. The minimum atomic E-state index is 1.14. The third-order valence-corrected chi connectivity index (χ3v) is 12.7. The average molecular weight is 684 g/mol. The van der Waals surface area contributed by atoms with E-state index in [1.54, 1.807) is 0 Å². The summed E-state index contributed by atoms with van der Waals surface area (Å²) in [6.07, 6.45) is 0. The van der Waals surface area contributed by atoms with Crippen molar-refractivity contribution in [3.05, 3.63) is 176 Å². The van der Waals surface area contributed by atoms with E-state index in [4.69, 9.17) is 0 Å². The summed E-state index contributed by atoms with van der Waals surface area (Å²) in [5, 5.41) is 13.0. The van der Waals surface area contributed by atoms with Crippen molar-refractivity contribution in [2.75, 3.05) is 4.90 Å². The van der Waals surface area contributed by atoms with Gasteiger partial charge < -0.3 is 4.90 Å². The summed E-state index contributed by atoms with van der Waals surface area (Å²) in [4.78, 5) is 2.41. The van der Waals surface area contributed by atoms with Crippen LogP contribution in [0, 0.1) is 0 Å². The number of hydrogen-bond donors (Lipinski definition) is 0. The molecule has 238 valence electrons. The molecule has 9 aromatic carbocycles. The fraction of sp³-hybridized carbons (Fsp3) is 0. The van der Waals surface area contributed by atoms with Gasteiger partial charge in [-0.15, -0.1) is 22.7 Å². The van der Waals surface area contributed by atoms with Crippen LogP contribution in [0.1, 0.15) is 0 Å². The minimum absolute atomic E-state index is 1.14. The Morgan fingerprint density at radius 3 is 1.37 bits per heavy atom. The van der Waals surface area contributed by atoms with Gasteiger partial charge in [0.15, 0.2) is 0 Å². The molecule has 0 amide bonds. The van der Waals surface area contributed by atoms with E-state index >= 15 is 0 Å². The second-order valence-electron chi connectivity index (χ2n) is 13.3. The molecule has 0 atom stereocenters. The van der Waals surface area contributed by atoms with Crippen LogP contribution in [0.3, 0.4) is 0 Å². The van der Waals surface area contributed by atoms with Gasteiger partial charge >= 0.3 is 0 Å². The molecule has 0 fully saturated rings.